The topological polar surface area (TPSA) is 57.5 Å². The minimum absolute atomic E-state index is 0.185. The molecular weight excluding hydrogens is 204 g/mol. The fraction of sp³-hybridized carbons (Fsp3) is 0.462. The number of hydrogen-bond acceptors (Lipinski definition) is 2. The first kappa shape index (κ1) is 12.6. The maximum absolute atomic E-state index is 11.0. The fourth-order valence-corrected chi connectivity index (χ4v) is 1.71. The number of carbonyl (C=O) groups is 1. The smallest absolute Gasteiger partial charge is 0.306 e. The number of rotatable bonds is 6. The fourth-order valence-electron chi connectivity index (χ4n) is 1.71. The molecule has 0 spiro atoms. The SMILES string of the molecule is CCCCC(Cc1ccccc1O)C(=O)O. The van der Waals surface area contributed by atoms with Crippen LogP contribution in [0.2, 0.25) is 0 Å². The minimum Gasteiger partial charge on any atom is -0.508 e. The molecule has 3 nitrogen and oxygen atoms in total. The zero-order chi connectivity index (χ0) is 12.0. The average molecular weight is 222 g/mol. The molecule has 0 aliphatic carbocycles. The van der Waals surface area contributed by atoms with Crippen molar-refractivity contribution in [1.82, 2.24) is 0 Å². The van der Waals surface area contributed by atoms with Crippen LogP contribution in [0, 0.1) is 5.92 Å². The summed E-state index contributed by atoms with van der Waals surface area (Å²) in [6.07, 6.45) is 2.97. The summed E-state index contributed by atoms with van der Waals surface area (Å²) in [4.78, 5) is 11.0. The number of carboxylic acids is 1. The van der Waals surface area contributed by atoms with Gasteiger partial charge in [0.1, 0.15) is 5.75 Å². The Morgan fingerprint density at radius 2 is 2.06 bits per heavy atom. The van der Waals surface area contributed by atoms with Crippen molar-refractivity contribution in [3.05, 3.63) is 29.8 Å². The summed E-state index contributed by atoms with van der Waals surface area (Å²) in [6.45, 7) is 2.04. The summed E-state index contributed by atoms with van der Waals surface area (Å²) in [7, 11) is 0. The lowest BCUT2D eigenvalue weighted by Gasteiger charge is -2.12. The molecule has 88 valence electrons. The van der Waals surface area contributed by atoms with E-state index in [1.165, 1.54) is 0 Å². The van der Waals surface area contributed by atoms with Gasteiger partial charge in [-0.05, 0) is 24.5 Å². The van der Waals surface area contributed by atoms with Gasteiger partial charge in [-0.2, -0.15) is 0 Å². The van der Waals surface area contributed by atoms with Crippen LogP contribution in [0.15, 0.2) is 24.3 Å². The number of phenols is 1. The number of benzene rings is 1. The Labute approximate surface area is 95.7 Å². The molecule has 1 aromatic rings. The molecule has 0 saturated carbocycles. The molecule has 0 aliphatic rings. The van der Waals surface area contributed by atoms with Crippen molar-refractivity contribution in [2.24, 2.45) is 5.92 Å². The minimum atomic E-state index is -0.781. The predicted molar refractivity (Wildman–Crippen MR) is 62.5 cm³/mol. The zero-order valence-corrected chi connectivity index (χ0v) is 9.52. The van der Waals surface area contributed by atoms with Gasteiger partial charge in [0.25, 0.3) is 0 Å². The van der Waals surface area contributed by atoms with Gasteiger partial charge in [0, 0.05) is 0 Å². The van der Waals surface area contributed by atoms with Crippen molar-refractivity contribution < 1.29 is 15.0 Å². The van der Waals surface area contributed by atoms with E-state index in [1.54, 1.807) is 18.2 Å². The van der Waals surface area contributed by atoms with Crippen molar-refractivity contribution >= 4 is 5.97 Å². The van der Waals surface area contributed by atoms with Crippen molar-refractivity contribution in [3.63, 3.8) is 0 Å². The average Bonchev–Trinajstić information content (AvgIpc) is 2.26. The Kier molecular flexibility index (Phi) is 4.83. The number of aliphatic carboxylic acids is 1. The van der Waals surface area contributed by atoms with E-state index < -0.39 is 11.9 Å². The Hall–Kier alpha value is -1.51. The van der Waals surface area contributed by atoms with Crippen LogP contribution < -0.4 is 0 Å². The summed E-state index contributed by atoms with van der Waals surface area (Å²) in [5.41, 5.74) is 0.714. The predicted octanol–water partition coefficient (Wildman–Crippen LogP) is 2.83. The van der Waals surface area contributed by atoms with Gasteiger partial charge in [-0.1, -0.05) is 38.0 Å². The molecule has 0 radical (unpaired) electrons. The largest absolute Gasteiger partial charge is 0.508 e. The number of carboxylic acid groups (broad SMARTS) is 1. The molecule has 16 heavy (non-hydrogen) atoms. The molecule has 0 saturated heterocycles. The van der Waals surface area contributed by atoms with Crippen LogP contribution in [0.5, 0.6) is 5.75 Å². The molecule has 1 rings (SSSR count). The third-order valence-electron chi connectivity index (χ3n) is 2.71. The van der Waals surface area contributed by atoms with Crippen LogP contribution in [0.4, 0.5) is 0 Å². The second kappa shape index (κ2) is 6.16. The van der Waals surface area contributed by atoms with E-state index in [4.69, 9.17) is 5.11 Å². The first-order chi connectivity index (χ1) is 7.65. The molecule has 0 heterocycles. The summed E-state index contributed by atoms with van der Waals surface area (Å²) in [5.74, 6) is -0.991. The van der Waals surface area contributed by atoms with Crippen LogP contribution >= 0.6 is 0 Å². The van der Waals surface area contributed by atoms with Crippen molar-refractivity contribution in [3.8, 4) is 5.75 Å². The van der Waals surface area contributed by atoms with Gasteiger partial charge in [-0.25, -0.2) is 0 Å². The van der Waals surface area contributed by atoms with Gasteiger partial charge in [0.05, 0.1) is 5.92 Å². The highest BCUT2D eigenvalue weighted by Gasteiger charge is 2.18. The van der Waals surface area contributed by atoms with E-state index in [1.807, 2.05) is 13.0 Å². The van der Waals surface area contributed by atoms with Crippen LogP contribution in [0.25, 0.3) is 0 Å². The van der Waals surface area contributed by atoms with Gasteiger partial charge in [0.15, 0.2) is 0 Å². The van der Waals surface area contributed by atoms with E-state index in [9.17, 15) is 9.90 Å². The third kappa shape index (κ3) is 3.57. The number of phenolic OH excluding ortho intramolecular Hbond substituents is 1. The van der Waals surface area contributed by atoms with E-state index in [0.29, 0.717) is 18.4 Å². The van der Waals surface area contributed by atoms with E-state index in [-0.39, 0.29) is 5.75 Å². The Bertz CT molecular complexity index is 347. The molecule has 3 heteroatoms. The lowest BCUT2D eigenvalue weighted by molar-refractivity contribution is -0.142. The number of hydrogen-bond donors (Lipinski definition) is 2. The van der Waals surface area contributed by atoms with Crippen LogP contribution in [-0.2, 0) is 11.2 Å². The first-order valence-corrected chi connectivity index (χ1v) is 5.64. The van der Waals surface area contributed by atoms with Gasteiger partial charge in [0.2, 0.25) is 0 Å². The van der Waals surface area contributed by atoms with Gasteiger partial charge in [-0.15, -0.1) is 0 Å². The maximum Gasteiger partial charge on any atom is 0.306 e. The molecule has 1 aromatic carbocycles. The van der Waals surface area contributed by atoms with Crippen molar-refractivity contribution in [2.45, 2.75) is 32.6 Å². The molecular formula is C13H18O3. The third-order valence-corrected chi connectivity index (χ3v) is 2.71. The Morgan fingerprint density at radius 1 is 1.38 bits per heavy atom. The number of para-hydroxylation sites is 1. The summed E-state index contributed by atoms with van der Waals surface area (Å²) in [6, 6.07) is 6.92. The highest BCUT2D eigenvalue weighted by Crippen LogP contribution is 2.22. The van der Waals surface area contributed by atoms with E-state index in [2.05, 4.69) is 0 Å². The molecule has 1 atom stereocenters. The normalized spacial score (nSPS) is 12.3. The standard InChI is InChI=1S/C13H18O3/c1-2-3-6-11(13(15)16)9-10-7-4-5-8-12(10)14/h4-5,7-8,11,14H,2-3,6,9H2,1H3,(H,15,16). The number of unbranched alkanes of at least 4 members (excludes halogenated alkanes) is 1. The van der Waals surface area contributed by atoms with Crippen molar-refractivity contribution in [2.75, 3.05) is 0 Å². The highest BCUT2D eigenvalue weighted by atomic mass is 16.4. The monoisotopic (exact) mass is 222 g/mol. The molecule has 0 fully saturated rings. The molecule has 0 bridgehead atoms. The molecule has 0 aliphatic heterocycles. The van der Waals surface area contributed by atoms with E-state index in [0.717, 1.165) is 12.8 Å². The quantitative estimate of drug-likeness (QED) is 0.778. The first-order valence-electron chi connectivity index (χ1n) is 5.64. The Morgan fingerprint density at radius 3 is 2.62 bits per heavy atom. The van der Waals surface area contributed by atoms with Crippen LogP contribution in [0.1, 0.15) is 31.7 Å². The summed E-state index contributed by atoms with van der Waals surface area (Å²) >= 11 is 0. The van der Waals surface area contributed by atoms with Crippen LogP contribution in [0.3, 0.4) is 0 Å². The van der Waals surface area contributed by atoms with Gasteiger partial charge < -0.3 is 10.2 Å². The second-order valence-electron chi connectivity index (χ2n) is 4.01. The zero-order valence-electron chi connectivity index (χ0n) is 9.52. The molecule has 1 unspecified atom stereocenters. The lowest BCUT2D eigenvalue weighted by atomic mass is 9.94. The molecule has 0 amide bonds. The second-order valence-corrected chi connectivity index (χ2v) is 4.01. The maximum atomic E-state index is 11.0. The summed E-state index contributed by atoms with van der Waals surface area (Å²) < 4.78 is 0. The number of aromatic hydroxyl groups is 1. The van der Waals surface area contributed by atoms with Crippen molar-refractivity contribution in [1.29, 1.82) is 0 Å². The highest BCUT2D eigenvalue weighted by molar-refractivity contribution is 5.70. The Balaban J connectivity index is 2.68. The van der Waals surface area contributed by atoms with E-state index >= 15 is 0 Å². The lowest BCUT2D eigenvalue weighted by Crippen LogP contribution is -2.16. The molecule has 2 N–H and O–H groups in total. The summed E-state index contributed by atoms with van der Waals surface area (Å²) in [5, 5.41) is 18.6. The van der Waals surface area contributed by atoms with Crippen LogP contribution in [-0.4, -0.2) is 16.2 Å². The van der Waals surface area contributed by atoms with Gasteiger partial charge in [-0.3, -0.25) is 4.79 Å². The van der Waals surface area contributed by atoms with Gasteiger partial charge >= 0.3 is 5.97 Å². The molecule has 0 aromatic heterocycles.